The average Bonchev–Trinajstić information content (AvgIpc) is 2.89. The number of aryl methyl sites for hydroxylation is 2. The maximum atomic E-state index is 12.6. The highest BCUT2D eigenvalue weighted by atomic mass is 32.2. The van der Waals surface area contributed by atoms with Crippen molar-refractivity contribution in [1.29, 1.82) is 0 Å². The Balaban J connectivity index is 2.21. The summed E-state index contributed by atoms with van der Waals surface area (Å²) in [6.45, 7) is 5.20. The minimum Gasteiger partial charge on any atom is -0.381 e. The van der Waals surface area contributed by atoms with Gasteiger partial charge in [-0.25, -0.2) is 8.42 Å². The summed E-state index contributed by atoms with van der Waals surface area (Å²) in [4.78, 5) is 0.447. The second kappa shape index (κ2) is 6.24. The van der Waals surface area contributed by atoms with E-state index in [1.165, 1.54) is 0 Å². The second-order valence-corrected chi connectivity index (χ2v) is 7.57. The molecule has 1 aliphatic heterocycles. The molecule has 2 atom stereocenters. The van der Waals surface area contributed by atoms with Gasteiger partial charge in [0.05, 0.1) is 17.3 Å². The molecule has 1 heterocycles. The molecule has 0 radical (unpaired) electrons. The predicted octanol–water partition coefficient (Wildman–Crippen LogP) is 1.70. The summed E-state index contributed by atoms with van der Waals surface area (Å²) in [6.07, 6.45) is 0.925. The standard InChI is InChI=1S/C15H23NO3S/c1-11-4-5-15(12(2)8-11)20(17,18)10-14(16-3)13-6-7-19-9-13/h4-5,8,13-14,16H,6-7,9-10H2,1-3H3. The Kier molecular flexibility index (Phi) is 4.83. The van der Waals surface area contributed by atoms with Crippen molar-refractivity contribution in [1.82, 2.24) is 5.32 Å². The third-order valence-corrected chi connectivity index (χ3v) is 5.90. The van der Waals surface area contributed by atoms with Crippen molar-refractivity contribution in [3.63, 3.8) is 0 Å². The lowest BCUT2D eigenvalue weighted by atomic mass is 10.0. The summed E-state index contributed by atoms with van der Waals surface area (Å²) >= 11 is 0. The number of rotatable bonds is 5. The van der Waals surface area contributed by atoms with E-state index >= 15 is 0 Å². The highest BCUT2D eigenvalue weighted by Crippen LogP contribution is 2.23. The maximum Gasteiger partial charge on any atom is 0.180 e. The Bertz CT molecular complexity index is 562. The number of hydrogen-bond acceptors (Lipinski definition) is 4. The molecule has 5 heteroatoms. The molecule has 0 aliphatic carbocycles. The Hall–Kier alpha value is -0.910. The first kappa shape index (κ1) is 15.5. The van der Waals surface area contributed by atoms with E-state index in [1.54, 1.807) is 6.07 Å². The summed E-state index contributed by atoms with van der Waals surface area (Å²) in [7, 11) is -1.45. The van der Waals surface area contributed by atoms with Gasteiger partial charge in [0.1, 0.15) is 0 Å². The van der Waals surface area contributed by atoms with Crippen molar-refractivity contribution < 1.29 is 13.2 Å². The molecule has 112 valence electrons. The third kappa shape index (κ3) is 3.40. The van der Waals surface area contributed by atoms with Crippen LogP contribution in [-0.4, -0.2) is 40.5 Å². The largest absolute Gasteiger partial charge is 0.381 e. The minimum atomic E-state index is -3.27. The molecule has 1 N–H and O–H groups in total. The lowest BCUT2D eigenvalue weighted by Crippen LogP contribution is -2.40. The summed E-state index contributed by atoms with van der Waals surface area (Å²) in [5.41, 5.74) is 1.90. The van der Waals surface area contributed by atoms with E-state index in [-0.39, 0.29) is 17.7 Å². The average molecular weight is 297 g/mol. The molecule has 1 aromatic rings. The van der Waals surface area contributed by atoms with E-state index in [0.29, 0.717) is 11.5 Å². The summed E-state index contributed by atoms with van der Waals surface area (Å²) in [5, 5.41) is 3.14. The van der Waals surface area contributed by atoms with E-state index in [4.69, 9.17) is 4.74 Å². The van der Waals surface area contributed by atoms with Gasteiger partial charge in [0.2, 0.25) is 0 Å². The number of ether oxygens (including phenoxy) is 1. The van der Waals surface area contributed by atoms with Crippen molar-refractivity contribution in [2.24, 2.45) is 5.92 Å². The van der Waals surface area contributed by atoms with Crippen LogP contribution in [0.15, 0.2) is 23.1 Å². The lowest BCUT2D eigenvalue weighted by molar-refractivity contribution is 0.179. The van der Waals surface area contributed by atoms with E-state index in [0.717, 1.165) is 24.2 Å². The first-order valence-electron chi connectivity index (χ1n) is 6.99. The molecule has 0 bridgehead atoms. The van der Waals surface area contributed by atoms with Gasteiger partial charge in [0.25, 0.3) is 0 Å². The van der Waals surface area contributed by atoms with Crippen LogP contribution in [0.4, 0.5) is 0 Å². The molecule has 2 unspecified atom stereocenters. The van der Waals surface area contributed by atoms with Gasteiger partial charge in [-0.3, -0.25) is 0 Å². The molecular formula is C15H23NO3S. The molecule has 1 saturated heterocycles. The van der Waals surface area contributed by atoms with Crippen LogP contribution in [0.5, 0.6) is 0 Å². The topological polar surface area (TPSA) is 55.4 Å². The molecule has 2 rings (SSSR count). The Labute approximate surface area is 121 Å². The molecule has 1 aromatic carbocycles. The monoisotopic (exact) mass is 297 g/mol. The lowest BCUT2D eigenvalue weighted by Gasteiger charge is -2.22. The Morgan fingerprint density at radius 1 is 1.40 bits per heavy atom. The van der Waals surface area contributed by atoms with E-state index in [2.05, 4.69) is 5.32 Å². The van der Waals surface area contributed by atoms with Crippen LogP contribution in [0.2, 0.25) is 0 Å². The molecule has 1 fully saturated rings. The SMILES string of the molecule is CNC(CS(=O)(=O)c1ccc(C)cc1C)C1CCOC1. The van der Waals surface area contributed by atoms with E-state index in [1.807, 2.05) is 33.0 Å². The third-order valence-electron chi connectivity index (χ3n) is 3.97. The number of nitrogens with one attached hydrogen (secondary N) is 1. The van der Waals surface area contributed by atoms with Crippen LogP contribution in [0.1, 0.15) is 17.5 Å². The van der Waals surface area contributed by atoms with Gasteiger partial charge in [-0.15, -0.1) is 0 Å². The summed E-state index contributed by atoms with van der Waals surface area (Å²) < 4.78 is 30.6. The quantitative estimate of drug-likeness (QED) is 0.899. The molecule has 0 amide bonds. The molecule has 0 spiro atoms. The minimum absolute atomic E-state index is 0.0526. The molecule has 0 saturated carbocycles. The van der Waals surface area contributed by atoms with Crippen LogP contribution >= 0.6 is 0 Å². The Morgan fingerprint density at radius 3 is 2.70 bits per heavy atom. The van der Waals surface area contributed by atoms with Gasteiger partial charge in [-0.05, 0) is 38.9 Å². The van der Waals surface area contributed by atoms with E-state index < -0.39 is 9.84 Å². The second-order valence-electron chi connectivity index (χ2n) is 5.57. The van der Waals surface area contributed by atoms with Crippen LogP contribution in [0.25, 0.3) is 0 Å². The van der Waals surface area contributed by atoms with Gasteiger partial charge >= 0.3 is 0 Å². The molecule has 20 heavy (non-hydrogen) atoms. The van der Waals surface area contributed by atoms with Gasteiger partial charge in [0.15, 0.2) is 9.84 Å². The number of sulfone groups is 1. The van der Waals surface area contributed by atoms with Crippen molar-refractivity contribution in [2.75, 3.05) is 26.0 Å². The van der Waals surface area contributed by atoms with Crippen molar-refractivity contribution >= 4 is 9.84 Å². The molecular weight excluding hydrogens is 274 g/mol. The first-order chi connectivity index (χ1) is 9.44. The summed E-state index contributed by atoms with van der Waals surface area (Å²) in [6, 6.07) is 5.44. The normalized spacial score (nSPS) is 21.1. The fourth-order valence-electron chi connectivity index (χ4n) is 2.80. The van der Waals surface area contributed by atoms with Gasteiger partial charge in [-0.2, -0.15) is 0 Å². The van der Waals surface area contributed by atoms with Crippen molar-refractivity contribution in [2.45, 2.75) is 31.2 Å². The van der Waals surface area contributed by atoms with Crippen LogP contribution < -0.4 is 5.32 Å². The fraction of sp³-hybridized carbons (Fsp3) is 0.600. The van der Waals surface area contributed by atoms with Crippen LogP contribution in [-0.2, 0) is 14.6 Å². The van der Waals surface area contributed by atoms with E-state index in [9.17, 15) is 8.42 Å². The van der Waals surface area contributed by atoms with Gasteiger partial charge in [0, 0.05) is 18.6 Å². The zero-order valence-electron chi connectivity index (χ0n) is 12.3. The molecule has 4 nitrogen and oxygen atoms in total. The maximum absolute atomic E-state index is 12.6. The zero-order valence-corrected chi connectivity index (χ0v) is 13.2. The Morgan fingerprint density at radius 2 is 2.15 bits per heavy atom. The smallest absolute Gasteiger partial charge is 0.180 e. The van der Waals surface area contributed by atoms with Crippen LogP contribution in [0.3, 0.4) is 0 Å². The zero-order chi connectivity index (χ0) is 14.8. The predicted molar refractivity (Wildman–Crippen MR) is 79.7 cm³/mol. The number of benzene rings is 1. The van der Waals surface area contributed by atoms with Crippen molar-refractivity contribution in [3.8, 4) is 0 Å². The molecule has 1 aliphatic rings. The van der Waals surface area contributed by atoms with Crippen molar-refractivity contribution in [3.05, 3.63) is 29.3 Å². The highest BCUT2D eigenvalue weighted by molar-refractivity contribution is 7.91. The van der Waals surface area contributed by atoms with Gasteiger partial charge in [-0.1, -0.05) is 17.7 Å². The first-order valence-corrected chi connectivity index (χ1v) is 8.64. The molecule has 0 aromatic heterocycles. The highest BCUT2D eigenvalue weighted by Gasteiger charge is 2.30. The summed E-state index contributed by atoms with van der Waals surface area (Å²) in [5.74, 6) is 0.405. The number of hydrogen-bond donors (Lipinski definition) is 1. The fourth-order valence-corrected chi connectivity index (χ4v) is 4.72. The van der Waals surface area contributed by atoms with Crippen LogP contribution in [0, 0.1) is 19.8 Å². The van der Waals surface area contributed by atoms with Gasteiger partial charge < -0.3 is 10.1 Å².